The third kappa shape index (κ3) is 4.33. The molecule has 3 aromatic heterocycles. The predicted molar refractivity (Wildman–Crippen MR) is 135 cm³/mol. The molecule has 13 heteroatoms. The summed E-state index contributed by atoms with van der Waals surface area (Å²) in [7, 11) is 0. The lowest BCUT2D eigenvalue weighted by Crippen LogP contribution is -2.30. The van der Waals surface area contributed by atoms with Crippen LogP contribution in [0.3, 0.4) is 0 Å². The van der Waals surface area contributed by atoms with Crippen LogP contribution in [0.1, 0.15) is 71.9 Å². The van der Waals surface area contributed by atoms with Gasteiger partial charge in [0.05, 0.1) is 11.6 Å². The standard InChI is InChI=1S/C26H22N8O5/c1-12-15-6-7-18(17(15)5-4-16(12)25(37)38)29-23(35)20-10-21(34-26(30-20)31-32-33-34)24(36)27-11-14-3-8-22-19(9-14)28-13(2)39-22/h3-5,8-10,18H,6-7,11H2,1-2H3,(H,27,36)(H,29,35)(H,37,38)/t18-/m0/s1. The lowest BCUT2D eigenvalue weighted by atomic mass is 9.98. The fraction of sp³-hybridized carbons (Fsp3) is 0.231. The molecule has 2 aromatic carbocycles. The number of carboxylic acid groups (broad SMARTS) is 1. The highest BCUT2D eigenvalue weighted by Crippen LogP contribution is 2.34. The van der Waals surface area contributed by atoms with Crippen LogP contribution in [-0.2, 0) is 13.0 Å². The Morgan fingerprint density at radius 3 is 2.77 bits per heavy atom. The summed E-state index contributed by atoms with van der Waals surface area (Å²) in [6, 6.07) is 9.74. The number of carbonyl (C=O) groups is 3. The average Bonchev–Trinajstić information content (AvgIpc) is 3.64. The van der Waals surface area contributed by atoms with Gasteiger partial charge in [0.15, 0.2) is 11.5 Å². The molecule has 0 bridgehead atoms. The van der Waals surface area contributed by atoms with E-state index in [0.29, 0.717) is 35.4 Å². The van der Waals surface area contributed by atoms with Crippen LogP contribution in [0.4, 0.5) is 0 Å². The zero-order valence-electron chi connectivity index (χ0n) is 20.9. The van der Waals surface area contributed by atoms with Crippen LogP contribution in [0, 0.1) is 13.8 Å². The SMILES string of the molecule is Cc1nc2cc(CNC(=O)c3cc(C(=O)N[C@H]4CCc5c4ccc(C(=O)O)c5C)nc4nnnn34)ccc2o1. The Balaban J connectivity index is 1.22. The minimum absolute atomic E-state index is 0.000980. The van der Waals surface area contributed by atoms with Crippen molar-refractivity contribution in [3.63, 3.8) is 0 Å². The summed E-state index contributed by atoms with van der Waals surface area (Å²) in [5.74, 6) is -1.43. The van der Waals surface area contributed by atoms with Crippen molar-refractivity contribution in [1.82, 2.24) is 40.6 Å². The number of aryl methyl sites for hydroxylation is 1. The van der Waals surface area contributed by atoms with Gasteiger partial charge in [0.25, 0.3) is 17.6 Å². The molecule has 0 radical (unpaired) electrons. The summed E-state index contributed by atoms with van der Waals surface area (Å²) in [6.45, 7) is 3.73. The maximum atomic E-state index is 13.2. The van der Waals surface area contributed by atoms with Gasteiger partial charge in [0, 0.05) is 19.5 Å². The second-order valence-corrected chi connectivity index (χ2v) is 9.31. The highest BCUT2D eigenvalue weighted by Gasteiger charge is 2.28. The van der Waals surface area contributed by atoms with E-state index in [9.17, 15) is 19.5 Å². The second-order valence-electron chi connectivity index (χ2n) is 9.31. The number of carbonyl (C=O) groups excluding carboxylic acids is 2. The normalized spacial score (nSPS) is 14.5. The zero-order chi connectivity index (χ0) is 27.3. The first-order valence-corrected chi connectivity index (χ1v) is 12.2. The van der Waals surface area contributed by atoms with Gasteiger partial charge >= 0.3 is 5.97 Å². The summed E-state index contributed by atoms with van der Waals surface area (Å²) in [4.78, 5) is 46.4. The molecule has 3 N–H and O–H groups in total. The molecule has 1 atom stereocenters. The molecule has 1 aliphatic rings. The summed E-state index contributed by atoms with van der Waals surface area (Å²) >= 11 is 0. The number of hydrogen-bond donors (Lipinski definition) is 3. The zero-order valence-corrected chi connectivity index (χ0v) is 20.9. The highest BCUT2D eigenvalue weighted by atomic mass is 16.4. The maximum absolute atomic E-state index is 13.2. The first kappa shape index (κ1) is 24.2. The number of oxazole rings is 1. The number of nitrogens with zero attached hydrogens (tertiary/aromatic N) is 6. The van der Waals surface area contributed by atoms with E-state index in [1.807, 2.05) is 12.1 Å². The van der Waals surface area contributed by atoms with E-state index >= 15 is 0 Å². The predicted octanol–water partition coefficient (Wildman–Crippen LogP) is 2.32. The molecule has 0 unspecified atom stereocenters. The number of amides is 2. The molecule has 196 valence electrons. The number of aromatic carboxylic acids is 1. The quantitative estimate of drug-likeness (QED) is 0.297. The van der Waals surface area contributed by atoms with Crippen LogP contribution < -0.4 is 10.6 Å². The van der Waals surface area contributed by atoms with Crippen molar-refractivity contribution in [1.29, 1.82) is 0 Å². The van der Waals surface area contributed by atoms with Crippen molar-refractivity contribution in [3.05, 3.63) is 81.5 Å². The Labute approximate surface area is 220 Å². The first-order valence-electron chi connectivity index (χ1n) is 12.2. The number of aromatic nitrogens is 6. The molecule has 0 spiro atoms. The fourth-order valence-electron chi connectivity index (χ4n) is 4.98. The van der Waals surface area contributed by atoms with Gasteiger partial charge in [-0.1, -0.05) is 17.2 Å². The van der Waals surface area contributed by atoms with Crippen molar-refractivity contribution >= 4 is 34.7 Å². The smallest absolute Gasteiger partial charge is 0.335 e. The monoisotopic (exact) mass is 526 g/mol. The van der Waals surface area contributed by atoms with Crippen molar-refractivity contribution in [2.45, 2.75) is 39.3 Å². The highest BCUT2D eigenvalue weighted by molar-refractivity contribution is 5.98. The lowest BCUT2D eigenvalue weighted by Gasteiger charge is -2.15. The van der Waals surface area contributed by atoms with Crippen molar-refractivity contribution in [3.8, 4) is 0 Å². The van der Waals surface area contributed by atoms with E-state index in [1.54, 1.807) is 32.0 Å². The summed E-state index contributed by atoms with van der Waals surface area (Å²) in [5, 5.41) is 26.4. The number of nitrogens with one attached hydrogen (secondary N) is 2. The Kier molecular flexibility index (Phi) is 5.74. The lowest BCUT2D eigenvalue weighted by molar-refractivity contribution is 0.0695. The minimum atomic E-state index is -0.984. The number of benzene rings is 2. The van der Waals surface area contributed by atoms with Gasteiger partial charge in [0.2, 0.25) is 0 Å². The van der Waals surface area contributed by atoms with Gasteiger partial charge in [0.1, 0.15) is 16.9 Å². The largest absolute Gasteiger partial charge is 0.478 e. The third-order valence-corrected chi connectivity index (χ3v) is 6.88. The molecule has 0 saturated carbocycles. The Morgan fingerprint density at radius 1 is 1.10 bits per heavy atom. The van der Waals surface area contributed by atoms with Gasteiger partial charge in [-0.2, -0.15) is 4.52 Å². The average molecular weight is 527 g/mol. The van der Waals surface area contributed by atoms with Crippen LogP contribution in [0.5, 0.6) is 0 Å². The molecule has 0 aliphatic heterocycles. The number of hydrogen-bond acceptors (Lipinski definition) is 9. The molecule has 6 rings (SSSR count). The fourth-order valence-corrected chi connectivity index (χ4v) is 4.98. The van der Waals surface area contributed by atoms with Crippen LogP contribution in [-0.4, -0.2) is 52.9 Å². The summed E-state index contributed by atoms with van der Waals surface area (Å²) in [6.07, 6.45) is 1.25. The summed E-state index contributed by atoms with van der Waals surface area (Å²) in [5.41, 5.74) is 4.92. The van der Waals surface area contributed by atoms with Gasteiger partial charge < -0.3 is 20.2 Å². The molecule has 0 fully saturated rings. The van der Waals surface area contributed by atoms with Gasteiger partial charge in [-0.3, -0.25) is 9.59 Å². The van der Waals surface area contributed by atoms with E-state index < -0.39 is 17.8 Å². The van der Waals surface area contributed by atoms with Crippen molar-refractivity contribution in [2.75, 3.05) is 0 Å². The molecule has 13 nitrogen and oxygen atoms in total. The third-order valence-electron chi connectivity index (χ3n) is 6.88. The molecule has 3 heterocycles. The van der Waals surface area contributed by atoms with Crippen LogP contribution in [0.2, 0.25) is 0 Å². The van der Waals surface area contributed by atoms with Gasteiger partial charge in [-0.15, -0.1) is 0 Å². The van der Waals surface area contributed by atoms with E-state index in [-0.39, 0.29) is 35.3 Å². The second kappa shape index (κ2) is 9.28. The summed E-state index contributed by atoms with van der Waals surface area (Å²) < 4.78 is 6.65. The first-order chi connectivity index (χ1) is 18.8. The van der Waals surface area contributed by atoms with Crippen LogP contribution in [0.15, 0.2) is 40.8 Å². The Bertz CT molecular complexity index is 1810. The number of tetrazole rings is 1. The van der Waals surface area contributed by atoms with E-state index in [2.05, 4.69) is 36.1 Å². The molecule has 2 amide bonds. The molecular weight excluding hydrogens is 504 g/mol. The topological polar surface area (TPSA) is 178 Å². The maximum Gasteiger partial charge on any atom is 0.335 e. The molecule has 1 aliphatic carbocycles. The minimum Gasteiger partial charge on any atom is -0.478 e. The molecule has 5 aromatic rings. The number of carboxylic acids is 1. The van der Waals surface area contributed by atoms with Crippen LogP contribution in [0.25, 0.3) is 16.9 Å². The molecular formula is C26H22N8O5. The van der Waals surface area contributed by atoms with Gasteiger partial charge in [-0.05, 0) is 70.6 Å². The molecule has 39 heavy (non-hydrogen) atoms. The number of fused-ring (bicyclic) bond motifs is 3. The van der Waals surface area contributed by atoms with E-state index in [0.717, 1.165) is 21.2 Å². The van der Waals surface area contributed by atoms with Gasteiger partial charge in [-0.25, -0.2) is 14.8 Å². The van der Waals surface area contributed by atoms with Crippen LogP contribution >= 0.6 is 0 Å². The number of rotatable bonds is 6. The van der Waals surface area contributed by atoms with Crippen molar-refractivity contribution < 1.29 is 23.9 Å². The van der Waals surface area contributed by atoms with E-state index in [1.165, 1.54) is 6.07 Å². The Morgan fingerprint density at radius 2 is 1.95 bits per heavy atom. The van der Waals surface area contributed by atoms with Crippen molar-refractivity contribution in [2.24, 2.45) is 0 Å². The molecule has 0 saturated heterocycles. The Hall–Kier alpha value is -5.20. The van der Waals surface area contributed by atoms with E-state index in [4.69, 9.17) is 4.42 Å².